The highest BCUT2D eigenvalue weighted by Crippen LogP contribution is 2.31. The molecule has 2 N–H and O–H groups in total. The third-order valence-electron chi connectivity index (χ3n) is 2.38. The molecule has 0 aliphatic heterocycles. The Morgan fingerprint density at radius 1 is 1.55 bits per heavy atom. The largest absolute Gasteiger partial charge is 0.494 e. The SMILES string of the molecule is C=CCCNS(=O)(=O)c1cc(Cl)cc(C(=O)O)c1OC. The van der Waals surface area contributed by atoms with Crippen LogP contribution in [0.5, 0.6) is 5.75 Å². The number of hydrogen-bond donors (Lipinski definition) is 2. The maximum atomic E-state index is 12.1. The molecule has 0 saturated heterocycles. The summed E-state index contributed by atoms with van der Waals surface area (Å²) in [6, 6.07) is 2.27. The lowest BCUT2D eigenvalue weighted by Crippen LogP contribution is -2.25. The average Bonchev–Trinajstić information content (AvgIpc) is 2.37. The second-order valence-corrected chi connectivity index (χ2v) is 5.94. The number of hydrogen-bond acceptors (Lipinski definition) is 4. The van der Waals surface area contributed by atoms with Crippen molar-refractivity contribution in [3.8, 4) is 5.75 Å². The van der Waals surface area contributed by atoms with Gasteiger partial charge in [0.2, 0.25) is 10.0 Å². The molecule has 20 heavy (non-hydrogen) atoms. The van der Waals surface area contributed by atoms with Gasteiger partial charge >= 0.3 is 5.97 Å². The van der Waals surface area contributed by atoms with Crippen LogP contribution in [0, 0.1) is 0 Å². The van der Waals surface area contributed by atoms with Crippen LogP contribution in [0.3, 0.4) is 0 Å². The number of methoxy groups -OCH3 is 1. The maximum absolute atomic E-state index is 12.1. The molecule has 0 unspecified atom stereocenters. The Balaban J connectivity index is 3.36. The molecule has 0 amide bonds. The Labute approximate surface area is 122 Å². The van der Waals surface area contributed by atoms with Gasteiger partial charge in [0, 0.05) is 11.6 Å². The van der Waals surface area contributed by atoms with Crippen LogP contribution in [-0.4, -0.2) is 33.1 Å². The standard InChI is InChI=1S/C12H14ClNO5S/c1-3-4-5-14-20(17,18)10-7-8(13)6-9(12(15)16)11(10)19-2/h3,6-7,14H,1,4-5H2,2H3,(H,15,16). The highest BCUT2D eigenvalue weighted by Gasteiger charge is 2.25. The minimum Gasteiger partial charge on any atom is -0.494 e. The van der Waals surface area contributed by atoms with E-state index in [-0.39, 0.29) is 27.8 Å². The van der Waals surface area contributed by atoms with Gasteiger partial charge in [-0.3, -0.25) is 0 Å². The van der Waals surface area contributed by atoms with Crippen molar-refractivity contribution in [2.24, 2.45) is 0 Å². The lowest BCUT2D eigenvalue weighted by molar-refractivity contribution is 0.0693. The first-order valence-corrected chi connectivity index (χ1v) is 7.41. The normalized spacial score (nSPS) is 11.1. The second-order valence-electron chi connectivity index (χ2n) is 3.77. The van der Waals surface area contributed by atoms with Gasteiger partial charge in [0.15, 0.2) is 5.75 Å². The molecular weight excluding hydrogens is 306 g/mol. The number of halogens is 1. The predicted molar refractivity (Wildman–Crippen MR) is 75.0 cm³/mol. The van der Waals surface area contributed by atoms with Gasteiger partial charge in [-0.05, 0) is 18.6 Å². The van der Waals surface area contributed by atoms with Crippen molar-refractivity contribution in [1.82, 2.24) is 4.72 Å². The summed E-state index contributed by atoms with van der Waals surface area (Å²) in [6.45, 7) is 3.62. The van der Waals surface area contributed by atoms with E-state index in [1.165, 1.54) is 7.11 Å². The zero-order chi connectivity index (χ0) is 15.3. The molecule has 0 atom stereocenters. The van der Waals surface area contributed by atoms with Gasteiger partial charge in [0.25, 0.3) is 0 Å². The molecule has 0 aliphatic rings. The van der Waals surface area contributed by atoms with Crippen LogP contribution in [0.4, 0.5) is 0 Å². The monoisotopic (exact) mass is 319 g/mol. The fourth-order valence-electron chi connectivity index (χ4n) is 1.51. The molecule has 0 bridgehead atoms. The molecule has 0 fully saturated rings. The molecule has 0 spiro atoms. The highest BCUT2D eigenvalue weighted by molar-refractivity contribution is 7.89. The summed E-state index contributed by atoms with van der Waals surface area (Å²) in [6.07, 6.45) is 1.99. The Kier molecular flexibility index (Phi) is 5.55. The molecule has 0 heterocycles. The number of benzene rings is 1. The smallest absolute Gasteiger partial charge is 0.339 e. The van der Waals surface area contributed by atoms with E-state index in [9.17, 15) is 13.2 Å². The zero-order valence-corrected chi connectivity index (χ0v) is 12.3. The van der Waals surface area contributed by atoms with Gasteiger partial charge in [-0.25, -0.2) is 17.9 Å². The van der Waals surface area contributed by atoms with Gasteiger partial charge in [-0.1, -0.05) is 17.7 Å². The predicted octanol–water partition coefficient (Wildman–Crippen LogP) is 1.90. The Morgan fingerprint density at radius 3 is 2.70 bits per heavy atom. The van der Waals surface area contributed by atoms with Crippen molar-refractivity contribution < 1.29 is 23.1 Å². The fraction of sp³-hybridized carbons (Fsp3) is 0.250. The van der Waals surface area contributed by atoms with Gasteiger partial charge in [-0.2, -0.15) is 0 Å². The fourth-order valence-corrected chi connectivity index (χ4v) is 3.06. The molecule has 0 saturated carbocycles. The first-order chi connectivity index (χ1) is 9.33. The van der Waals surface area contributed by atoms with E-state index in [2.05, 4.69) is 11.3 Å². The molecule has 1 aromatic rings. The molecule has 6 nitrogen and oxygen atoms in total. The molecule has 1 rings (SSSR count). The van der Waals surface area contributed by atoms with Crippen molar-refractivity contribution >= 4 is 27.6 Å². The molecule has 0 aliphatic carbocycles. The zero-order valence-electron chi connectivity index (χ0n) is 10.7. The van der Waals surface area contributed by atoms with Crippen molar-refractivity contribution in [3.05, 3.63) is 35.4 Å². The van der Waals surface area contributed by atoms with Gasteiger partial charge in [-0.15, -0.1) is 6.58 Å². The van der Waals surface area contributed by atoms with Crippen LogP contribution in [0.15, 0.2) is 29.7 Å². The van der Waals surface area contributed by atoms with Crippen LogP contribution in [0.2, 0.25) is 5.02 Å². The number of ether oxygens (including phenoxy) is 1. The summed E-state index contributed by atoms with van der Waals surface area (Å²) < 4.78 is 31.5. The minimum absolute atomic E-state index is 0.00713. The highest BCUT2D eigenvalue weighted by atomic mass is 35.5. The number of sulfonamides is 1. The van der Waals surface area contributed by atoms with Crippen LogP contribution in [-0.2, 0) is 10.0 Å². The van der Waals surface area contributed by atoms with E-state index in [0.717, 1.165) is 12.1 Å². The summed E-state index contributed by atoms with van der Waals surface area (Å²) in [5, 5.41) is 9.05. The van der Waals surface area contributed by atoms with Gasteiger partial charge in [0.1, 0.15) is 10.5 Å². The average molecular weight is 320 g/mol. The quantitative estimate of drug-likeness (QED) is 0.591. The summed E-state index contributed by atoms with van der Waals surface area (Å²) >= 11 is 5.76. The molecular formula is C12H14ClNO5S. The summed E-state index contributed by atoms with van der Waals surface area (Å²) in [5.41, 5.74) is -0.316. The number of carboxylic acids is 1. The Hall–Kier alpha value is -1.57. The summed E-state index contributed by atoms with van der Waals surface area (Å²) in [5.74, 6) is -1.58. The van der Waals surface area contributed by atoms with E-state index in [4.69, 9.17) is 21.4 Å². The lowest BCUT2D eigenvalue weighted by Gasteiger charge is -2.13. The number of carboxylic acid groups (broad SMARTS) is 1. The second kappa shape index (κ2) is 6.74. The van der Waals surface area contributed by atoms with E-state index in [0.29, 0.717) is 6.42 Å². The number of rotatable bonds is 7. The van der Waals surface area contributed by atoms with E-state index >= 15 is 0 Å². The van der Waals surface area contributed by atoms with Crippen molar-refractivity contribution in [1.29, 1.82) is 0 Å². The van der Waals surface area contributed by atoms with Crippen LogP contribution in [0.1, 0.15) is 16.8 Å². The van der Waals surface area contributed by atoms with Crippen LogP contribution < -0.4 is 9.46 Å². The molecule has 8 heteroatoms. The van der Waals surface area contributed by atoms with Crippen molar-refractivity contribution in [2.75, 3.05) is 13.7 Å². The third kappa shape index (κ3) is 3.72. The topological polar surface area (TPSA) is 92.7 Å². The minimum atomic E-state index is -3.92. The van der Waals surface area contributed by atoms with Crippen LogP contribution in [0.25, 0.3) is 0 Å². The molecule has 0 aromatic heterocycles. The van der Waals surface area contributed by atoms with E-state index < -0.39 is 16.0 Å². The first kappa shape index (κ1) is 16.5. The van der Waals surface area contributed by atoms with Gasteiger partial charge in [0.05, 0.1) is 7.11 Å². The third-order valence-corrected chi connectivity index (χ3v) is 4.07. The number of carbonyl (C=O) groups is 1. The number of nitrogens with one attached hydrogen (secondary N) is 1. The van der Waals surface area contributed by atoms with Crippen molar-refractivity contribution in [3.63, 3.8) is 0 Å². The summed E-state index contributed by atoms with van der Waals surface area (Å²) in [4.78, 5) is 10.8. The van der Waals surface area contributed by atoms with Gasteiger partial charge < -0.3 is 9.84 Å². The van der Waals surface area contributed by atoms with E-state index in [1.54, 1.807) is 6.08 Å². The molecule has 1 aromatic carbocycles. The van der Waals surface area contributed by atoms with Crippen molar-refractivity contribution in [2.45, 2.75) is 11.3 Å². The maximum Gasteiger partial charge on any atom is 0.339 e. The Bertz CT molecular complexity index is 627. The van der Waals surface area contributed by atoms with Crippen LogP contribution >= 0.6 is 11.6 Å². The molecule has 0 radical (unpaired) electrons. The first-order valence-electron chi connectivity index (χ1n) is 5.55. The molecule has 110 valence electrons. The number of aromatic carboxylic acids is 1. The summed E-state index contributed by atoms with van der Waals surface area (Å²) in [7, 11) is -2.73. The Morgan fingerprint density at radius 2 is 2.20 bits per heavy atom. The van der Waals surface area contributed by atoms with E-state index in [1.807, 2.05) is 0 Å². The lowest BCUT2D eigenvalue weighted by atomic mass is 10.2.